The Hall–Kier alpha value is -1.35. The Morgan fingerprint density at radius 3 is 2.44 bits per heavy atom. The molecule has 0 saturated heterocycles. The van der Waals surface area contributed by atoms with Gasteiger partial charge in [-0.25, -0.2) is 4.98 Å². The summed E-state index contributed by atoms with van der Waals surface area (Å²) in [6, 6.07) is 6.50. The fraction of sp³-hybridized carbons (Fsp3) is 0.400. The van der Waals surface area contributed by atoms with Crippen LogP contribution in [0.3, 0.4) is 0 Å². The van der Waals surface area contributed by atoms with Crippen molar-refractivity contribution < 1.29 is 0 Å². The van der Waals surface area contributed by atoms with Crippen LogP contribution in [0.4, 0.5) is 5.13 Å². The monoisotopic (exact) mass is 260 g/mol. The summed E-state index contributed by atoms with van der Waals surface area (Å²) in [6.07, 6.45) is 1.91. The van der Waals surface area contributed by atoms with Crippen molar-refractivity contribution in [3.05, 3.63) is 46.0 Å². The molecule has 0 radical (unpaired) electrons. The molecule has 3 heteroatoms. The molecular weight excluding hydrogens is 240 g/mol. The summed E-state index contributed by atoms with van der Waals surface area (Å²) in [5, 5.41) is 4.44. The minimum Gasteiger partial charge on any atom is -0.361 e. The summed E-state index contributed by atoms with van der Waals surface area (Å²) in [4.78, 5) is 5.58. The zero-order valence-electron chi connectivity index (χ0n) is 11.4. The minimum absolute atomic E-state index is 0.496. The quantitative estimate of drug-likeness (QED) is 0.887. The Morgan fingerprint density at radius 2 is 1.89 bits per heavy atom. The summed E-state index contributed by atoms with van der Waals surface area (Å²) < 4.78 is 0. The van der Waals surface area contributed by atoms with E-state index in [0.29, 0.717) is 5.92 Å². The largest absolute Gasteiger partial charge is 0.361 e. The molecule has 0 amide bonds. The third-order valence-corrected chi connectivity index (χ3v) is 4.09. The molecule has 96 valence electrons. The summed E-state index contributed by atoms with van der Waals surface area (Å²) in [5.41, 5.74) is 4.21. The van der Waals surface area contributed by atoms with E-state index in [-0.39, 0.29) is 0 Å². The molecule has 0 aliphatic heterocycles. The van der Waals surface area contributed by atoms with Crippen LogP contribution in [0.25, 0.3) is 0 Å². The van der Waals surface area contributed by atoms with E-state index in [1.165, 1.54) is 21.6 Å². The number of rotatable bonds is 4. The van der Waals surface area contributed by atoms with Crippen LogP contribution < -0.4 is 5.32 Å². The van der Waals surface area contributed by atoms with Gasteiger partial charge in [0.25, 0.3) is 0 Å². The molecule has 0 aliphatic rings. The summed E-state index contributed by atoms with van der Waals surface area (Å²) in [6.45, 7) is 9.65. The van der Waals surface area contributed by atoms with Gasteiger partial charge in [-0.1, -0.05) is 25.1 Å². The zero-order chi connectivity index (χ0) is 13.1. The van der Waals surface area contributed by atoms with E-state index in [2.05, 4.69) is 56.2 Å². The Kier molecular flexibility index (Phi) is 4.02. The number of anilines is 1. The first-order valence-corrected chi connectivity index (χ1v) is 7.12. The standard InChI is InChI=1S/C15H20N2S/c1-10-6-5-7-11(2)14(10)12(3)8-16-15-17-9-13(4)18-15/h5-7,9,12H,8H2,1-4H3,(H,16,17). The van der Waals surface area contributed by atoms with Gasteiger partial charge in [0, 0.05) is 17.6 Å². The summed E-state index contributed by atoms with van der Waals surface area (Å²) in [5.74, 6) is 0.496. The molecule has 2 nitrogen and oxygen atoms in total. The van der Waals surface area contributed by atoms with Crippen LogP contribution in [-0.4, -0.2) is 11.5 Å². The fourth-order valence-corrected chi connectivity index (χ4v) is 3.05. The number of nitrogens with one attached hydrogen (secondary N) is 1. The second-order valence-corrected chi connectivity index (χ2v) is 6.10. The molecule has 1 N–H and O–H groups in total. The summed E-state index contributed by atoms with van der Waals surface area (Å²) >= 11 is 1.71. The second kappa shape index (κ2) is 5.53. The predicted molar refractivity (Wildman–Crippen MR) is 79.7 cm³/mol. The van der Waals surface area contributed by atoms with E-state index in [1.54, 1.807) is 11.3 Å². The van der Waals surface area contributed by atoms with Gasteiger partial charge < -0.3 is 5.32 Å². The molecule has 1 aromatic carbocycles. The number of hydrogen-bond donors (Lipinski definition) is 1. The van der Waals surface area contributed by atoms with Crippen LogP contribution in [0.15, 0.2) is 24.4 Å². The van der Waals surface area contributed by atoms with Gasteiger partial charge in [-0.2, -0.15) is 0 Å². The van der Waals surface area contributed by atoms with Crippen molar-refractivity contribution in [1.29, 1.82) is 0 Å². The van der Waals surface area contributed by atoms with Gasteiger partial charge in [-0.3, -0.25) is 0 Å². The highest BCUT2D eigenvalue weighted by Gasteiger charge is 2.11. The van der Waals surface area contributed by atoms with E-state index in [4.69, 9.17) is 0 Å². The van der Waals surface area contributed by atoms with Crippen molar-refractivity contribution in [1.82, 2.24) is 4.98 Å². The maximum atomic E-state index is 4.33. The number of benzene rings is 1. The minimum atomic E-state index is 0.496. The molecular formula is C15H20N2S. The van der Waals surface area contributed by atoms with E-state index in [0.717, 1.165) is 11.7 Å². The highest BCUT2D eigenvalue weighted by Crippen LogP contribution is 2.24. The number of aromatic nitrogens is 1. The molecule has 0 saturated carbocycles. The van der Waals surface area contributed by atoms with Gasteiger partial charge in [0.2, 0.25) is 0 Å². The number of hydrogen-bond acceptors (Lipinski definition) is 3. The lowest BCUT2D eigenvalue weighted by atomic mass is 9.92. The first kappa shape index (κ1) is 13.1. The SMILES string of the molecule is Cc1cnc(NCC(C)c2c(C)cccc2C)s1. The van der Waals surface area contributed by atoms with Crippen molar-refractivity contribution in [3.8, 4) is 0 Å². The van der Waals surface area contributed by atoms with Crippen molar-refractivity contribution in [2.24, 2.45) is 0 Å². The number of aryl methyl sites for hydroxylation is 3. The van der Waals surface area contributed by atoms with E-state index in [9.17, 15) is 0 Å². The van der Waals surface area contributed by atoms with Gasteiger partial charge in [0.15, 0.2) is 5.13 Å². The predicted octanol–water partition coefficient (Wildman–Crippen LogP) is 4.28. The van der Waals surface area contributed by atoms with Crippen molar-refractivity contribution in [2.45, 2.75) is 33.6 Å². The van der Waals surface area contributed by atoms with Gasteiger partial charge in [0.1, 0.15) is 0 Å². The molecule has 0 bridgehead atoms. The smallest absolute Gasteiger partial charge is 0.182 e. The van der Waals surface area contributed by atoms with E-state index >= 15 is 0 Å². The molecule has 0 fully saturated rings. The Bertz CT molecular complexity index is 511. The molecule has 2 rings (SSSR count). The lowest BCUT2D eigenvalue weighted by Gasteiger charge is -2.17. The molecule has 0 spiro atoms. The van der Waals surface area contributed by atoms with Crippen molar-refractivity contribution in [2.75, 3.05) is 11.9 Å². The van der Waals surface area contributed by atoms with Gasteiger partial charge >= 0.3 is 0 Å². The number of thiazole rings is 1. The van der Waals surface area contributed by atoms with Crippen LogP contribution in [-0.2, 0) is 0 Å². The number of nitrogens with zero attached hydrogens (tertiary/aromatic N) is 1. The highest BCUT2D eigenvalue weighted by atomic mass is 32.1. The molecule has 1 aromatic heterocycles. The molecule has 1 heterocycles. The van der Waals surface area contributed by atoms with Crippen LogP contribution in [0.5, 0.6) is 0 Å². The molecule has 0 aliphatic carbocycles. The first-order valence-electron chi connectivity index (χ1n) is 6.30. The first-order chi connectivity index (χ1) is 8.58. The lowest BCUT2D eigenvalue weighted by Crippen LogP contribution is -2.12. The lowest BCUT2D eigenvalue weighted by molar-refractivity contribution is 0.789. The average Bonchev–Trinajstić information content (AvgIpc) is 2.72. The van der Waals surface area contributed by atoms with Crippen molar-refractivity contribution in [3.63, 3.8) is 0 Å². The Labute approximate surface area is 113 Å². The fourth-order valence-electron chi connectivity index (χ4n) is 2.38. The zero-order valence-corrected chi connectivity index (χ0v) is 12.3. The third-order valence-electron chi connectivity index (χ3n) is 3.22. The third kappa shape index (κ3) is 2.91. The maximum Gasteiger partial charge on any atom is 0.182 e. The van der Waals surface area contributed by atoms with E-state index in [1.807, 2.05) is 6.20 Å². The van der Waals surface area contributed by atoms with Crippen LogP contribution in [0.2, 0.25) is 0 Å². The molecule has 18 heavy (non-hydrogen) atoms. The van der Waals surface area contributed by atoms with Gasteiger partial charge in [0.05, 0.1) is 0 Å². The molecule has 1 unspecified atom stereocenters. The Balaban J connectivity index is 2.06. The van der Waals surface area contributed by atoms with Crippen molar-refractivity contribution >= 4 is 16.5 Å². The van der Waals surface area contributed by atoms with Gasteiger partial charge in [-0.05, 0) is 43.4 Å². The normalized spacial score (nSPS) is 12.4. The van der Waals surface area contributed by atoms with Gasteiger partial charge in [-0.15, -0.1) is 11.3 Å². The topological polar surface area (TPSA) is 24.9 Å². The maximum absolute atomic E-state index is 4.33. The second-order valence-electron chi connectivity index (χ2n) is 4.86. The average molecular weight is 260 g/mol. The highest BCUT2D eigenvalue weighted by molar-refractivity contribution is 7.15. The van der Waals surface area contributed by atoms with E-state index < -0.39 is 0 Å². The molecule has 1 atom stereocenters. The molecule has 2 aromatic rings. The summed E-state index contributed by atoms with van der Waals surface area (Å²) in [7, 11) is 0. The van der Waals surface area contributed by atoms with Crippen LogP contribution in [0.1, 0.15) is 34.4 Å². The van der Waals surface area contributed by atoms with Crippen LogP contribution >= 0.6 is 11.3 Å². The Morgan fingerprint density at radius 1 is 1.22 bits per heavy atom. The van der Waals surface area contributed by atoms with Crippen LogP contribution in [0, 0.1) is 20.8 Å².